The van der Waals surface area contributed by atoms with Crippen molar-refractivity contribution in [1.29, 1.82) is 0 Å². The second-order valence-corrected chi connectivity index (χ2v) is 5.68. The van der Waals surface area contributed by atoms with Crippen LogP contribution in [0, 0.1) is 0 Å². The van der Waals surface area contributed by atoms with E-state index in [-0.39, 0.29) is 11.7 Å². The first-order valence-corrected chi connectivity index (χ1v) is 6.41. The van der Waals surface area contributed by atoms with E-state index in [1.165, 1.54) is 6.26 Å². The Morgan fingerprint density at radius 3 is 2.88 bits per heavy atom. The van der Waals surface area contributed by atoms with Crippen LogP contribution in [0.3, 0.4) is 0 Å². The van der Waals surface area contributed by atoms with Gasteiger partial charge in [0, 0.05) is 0 Å². The number of carbonyl (C=O) groups is 1. The monoisotopic (exact) mass is 312 g/mol. The van der Waals surface area contributed by atoms with Crippen LogP contribution in [0.4, 0.5) is 0 Å². The SMILES string of the molecule is CC(=NNC(=O)c1ccco1)c1ccc(Br)s1. The minimum Gasteiger partial charge on any atom is -0.459 e. The molecule has 0 radical (unpaired) electrons. The van der Waals surface area contributed by atoms with Crippen LogP contribution in [0.2, 0.25) is 0 Å². The zero-order valence-corrected chi connectivity index (χ0v) is 11.3. The highest BCUT2D eigenvalue weighted by molar-refractivity contribution is 9.11. The second-order valence-electron chi connectivity index (χ2n) is 3.22. The number of hydrogen-bond donors (Lipinski definition) is 1. The predicted octanol–water partition coefficient (Wildman–Crippen LogP) is 3.26. The molecule has 0 fully saturated rings. The number of hydrogen-bond acceptors (Lipinski definition) is 4. The van der Waals surface area contributed by atoms with E-state index in [2.05, 4.69) is 26.5 Å². The average molecular weight is 313 g/mol. The maximum atomic E-state index is 11.5. The zero-order chi connectivity index (χ0) is 12.3. The Morgan fingerprint density at radius 2 is 2.29 bits per heavy atom. The summed E-state index contributed by atoms with van der Waals surface area (Å²) in [4.78, 5) is 12.5. The number of thiophene rings is 1. The first kappa shape index (κ1) is 12.1. The van der Waals surface area contributed by atoms with Gasteiger partial charge in [-0.15, -0.1) is 11.3 Å². The Labute approximate surface area is 110 Å². The van der Waals surface area contributed by atoms with Gasteiger partial charge in [-0.3, -0.25) is 4.79 Å². The fraction of sp³-hybridized carbons (Fsp3) is 0.0909. The molecule has 0 aromatic carbocycles. The summed E-state index contributed by atoms with van der Waals surface area (Å²) < 4.78 is 5.98. The lowest BCUT2D eigenvalue weighted by Crippen LogP contribution is -2.18. The highest BCUT2D eigenvalue weighted by Crippen LogP contribution is 2.22. The summed E-state index contributed by atoms with van der Waals surface area (Å²) in [5.74, 6) is -0.112. The Kier molecular flexibility index (Phi) is 3.75. The fourth-order valence-electron chi connectivity index (χ4n) is 1.16. The highest BCUT2D eigenvalue weighted by atomic mass is 79.9. The van der Waals surface area contributed by atoms with Crippen LogP contribution in [-0.2, 0) is 0 Å². The van der Waals surface area contributed by atoms with Gasteiger partial charge in [-0.25, -0.2) is 5.43 Å². The van der Waals surface area contributed by atoms with Crippen LogP contribution < -0.4 is 5.43 Å². The molecule has 2 aromatic rings. The quantitative estimate of drug-likeness (QED) is 0.698. The van der Waals surface area contributed by atoms with E-state index in [0.717, 1.165) is 14.4 Å². The van der Waals surface area contributed by atoms with Crippen LogP contribution in [0.5, 0.6) is 0 Å². The molecule has 0 spiro atoms. The molecule has 6 heteroatoms. The number of nitrogens with one attached hydrogen (secondary N) is 1. The lowest BCUT2D eigenvalue weighted by molar-refractivity contribution is 0.0927. The van der Waals surface area contributed by atoms with Crippen molar-refractivity contribution in [2.75, 3.05) is 0 Å². The van der Waals surface area contributed by atoms with Gasteiger partial charge in [0.05, 0.1) is 20.6 Å². The van der Waals surface area contributed by atoms with Crippen molar-refractivity contribution in [1.82, 2.24) is 5.43 Å². The Morgan fingerprint density at radius 1 is 1.47 bits per heavy atom. The van der Waals surface area contributed by atoms with Crippen molar-refractivity contribution in [2.24, 2.45) is 5.10 Å². The topological polar surface area (TPSA) is 54.6 Å². The molecule has 2 aromatic heterocycles. The maximum absolute atomic E-state index is 11.5. The molecule has 0 aliphatic heterocycles. The Balaban J connectivity index is 2.04. The van der Waals surface area contributed by atoms with Crippen LogP contribution in [0.1, 0.15) is 22.4 Å². The van der Waals surface area contributed by atoms with Gasteiger partial charge in [-0.2, -0.15) is 5.10 Å². The van der Waals surface area contributed by atoms with Gasteiger partial charge < -0.3 is 4.42 Å². The van der Waals surface area contributed by atoms with Gasteiger partial charge in [-0.05, 0) is 47.1 Å². The number of halogens is 1. The van der Waals surface area contributed by atoms with Crippen molar-refractivity contribution in [3.8, 4) is 0 Å². The molecule has 0 saturated heterocycles. The van der Waals surface area contributed by atoms with E-state index in [1.807, 2.05) is 19.1 Å². The largest absolute Gasteiger partial charge is 0.459 e. The number of rotatable bonds is 3. The maximum Gasteiger partial charge on any atom is 0.307 e. The molecular weight excluding hydrogens is 304 g/mol. The molecule has 0 bridgehead atoms. The standard InChI is InChI=1S/C11H9BrN2O2S/c1-7(9-4-5-10(12)17-9)13-14-11(15)8-3-2-6-16-8/h2-6H,1H3,(H,14,15). The summed E-state index contributed by atoms with van der Waals surface area (Å²) in [6.07, 6.45) is 1.45. The summed E-state index contributed by atoms with van der Waals surface area (Å²) in [6.45, 7) is 1.83. The molecular formula is C11H9BrN2O2S. The molecule has 17 heavy (non-hydrogen) atoms. The van der Waals surface area contributed by atoms with Crippen molar-refractivity contribution in [3.05, 3.63) is 45.0 Å². The number of nitrogens with zero attached hydrogens (tertiary/aromatic N) is 1. The number of carbonyl (C=O) groups excluding carboxylic acids is 1. The van der Waals surface area contributed by atoms with Crippen LogP contribution in [-0.4, -0.2) is 11.6 Å². The van der Waals surface area contributed by atoms with E-state index in [1.54, 1.807) is 23.5 Å². The minimum atomic E-state index is -0.357. The number of amides is 1. The van der Waals surface area contributed by atoms with Crippen molar-refractivity contribution in [3.63, 3.8) is 0 Å². The summed E-state index contributed by atoms with van der Waals surface area (Å²) in [5.41, 5.74) is 3.19. The van der Waals surface area contributed by atoms with E-state index >= 15 is 0 Å². The summed E-state index contributed by atoms with van der Waals surface area (Å²) in [5, 5.41) is 4.01. The third-order valence-electron chi connectivity index (χ3n) is 2.00. The van der Waals surface area contributed by atoms with Crippen LogP contribution in [0.15, 0.2) is 43.8 Å². The fourth-order valence-corrected chi connectivity index (χ4v) is 2.49. The summed E-state index contributed by atoms with van der Waals surface area (Å²) in [6, 6.07) is 7.11. The van der Waals surface area contributed by atoms with Crippen molar-refractivity contribution >= 4 is 38.9 Å². The predicted molar refractivity (Wildman–Crippen MR) is 70.4 cm³/mol. The van der Waals surface area contributed by atoms with Gasteiger partial charge in [0.25, 0.3) is 0 Å². The van der Waals surface area contributed by atoms with Gasteiger partial charge in [0.2, 0.25) is 0 Å². The lowest BCUT2D eigenvalue weighted by atomic mass is 10.3. The van der Waals surface area contributed by atoms with Gasteiger partial charge in [0.15, 0.2) is 5.76 Å². The molecule has 0 atom stereocenters. The molecule has 2 rings (SSSR count). The smallest absolute Gasteiger partial charge is 0.307 e. The molecule has 0 saturated carbocycles. The molecule has 1 N–H and O–H groups in total. The second kappa shape index (κ2) is 5.29. The first-order chi connectivity index (χ1) is 8.16. The third kappa shape index (κ3) is 3.04. The van der Waals surface area contributed by atoms with Gasteiger partial charge in [-0.1, -0.05) is 0 Å². The molecule has 0 unspecified atom stereocenters. The third-order valence-corrected chi connectivity index (χ3v) is 3.73. The first-order valence-electron chi connectivity index (χ1n) is 4.80. The Bertz CT molecular complexity index is 546. The van der Waals surface area contributed by atoms with Crippen LogP contribution in [0.25, 0.3) is 0 Å². The van der Waals surface area contributed by atoms with E-state index in [9.17, 15) is 4.79 Å². The van der Waals surface area contributed by atoms with Crippen molar-refractivity contribution in [2.45, 2.75) is 6.92 Å². The van der Waals surface area contributed by atoms with E-state index < -0.39 is 0 Å². The number of furan rings is 1. The molecule has 2 heterocycles. The highest BCUT2D eigenvalue weighted by Gasteiger charge is 2.07. The normalized spacial score (nSPS) is 11.5. The van der Waals surface area contributed by atoms with Gasteiger partial charge in [0.1, 0.15) is 0 Å². The van der Waals surface area contributed by atoms with E-state index in [4.69, 9.17) is 4.42 Å². The van der Waals surface area contributed by atoms with Gasteiger partial charge >= 0.3 is 5.91 Å². The molecule has 0 aliphatic rings. The molecule has 0 aliphatic carbocycles. The molecule has 4 nitrogen and oxygen atoms in total. The summed E-state index contributed by atoms with van der Waals surface area (Å²) in [7, 11) is 0. The van der Waals surface area contributed by atoms with Crippen LogP contribution >= 0.6 is 27.3 Å². The number of hydrazone groups is 1. The summed E-state index contributed by atoms with van der Waals surface area (Å²) >= 11 is 4.93. The Hall–Kier alpha value is -1.40. The molecule has 1 amide bonds. The molecule has 88 valence electrons. The lowest BCUT2D eigenvalue weighted by Gasteiger charge is -1.98. The minimum absolute atomic E-state index is 0.244. The van der Waals surface area contributed by atoms with E-state index in [0.29, 0.717) is 0 Å². The zero-order valence-electron chi connectivity index (χ0n) is 8.94. The average Bonchev–Trinajstić information content (AvgIpc) is 2.95. The van der Waals surface area contributed by atoms with Crippen molar-refractivity contribution < 1.29 is 9.21 Å².